The van der Waals surface area contributed by atoms with Crippen molar-refractivity contribution in [3.05, 3.63) is 39.8 Å². The number of anilines is 1. The number of benzene rings is 1. The van der Waals surface area contributed by atoms with Crippen LogP contribution in [0.1, 0.15) is 24.5 Å². The summed E-state index contributed by atoms with van der Waals surface area (Å²) >= 11 is 0. The number of carbonyl (C=O) groups is 1. The number of carbonyl (C=O) groups excluding carboxylic acids is 1. The van der Waals surface area contributed by atoms with Gasteiger partial charge in [-0.3, -0.25) is 4.79 Å². The lowest BCUT2D eigenvalue weighted by Crippen LogP contribution is -2.25. The molecule has 0 heterocycles. The van der Waals surface area contributed by atoms with Gasteiger partial charge >= 0.3 is 0 Å². The van der Waals surface area contributed by atoms with E-state index in [9.17, 15) is 4.79 Å². The topological polar surface area (TPSA) is 77.9 Å². The Morgan fingerprint density at radius 3 is 2.82 bits per heavy atom. The van der Waals surface area contributed by atoms with Crippen molar-refractivity contribution in [1.82, 2.24) is 0 Å². The molecule has 0 radical (unpaired) electrons. The van der Waals surface area contributed by atoms with Gasteiger partial charge in [-0.1, -0.05) is 24.2 Å². The van der Waals surface area contributed by atoms with Crippen molar-refractivity contribution in [3.8, 4) is 0 Å². The molecule has 1 amide bonds. The Kier molecular flexibility index (Phi) is 4.55. The molecule has 1 unspecified atom stereocenters. The van der Waals surface area contributed by atoms with Crippen LogP contribution in [-0.4, -0.2) is 11.9 Å². The molecule has 0 aliphatic heterocycles. The van der Waals surface area contributed by atoms with E-state index in [1.54, 1.807) is 0 Å². The molecular weight excluding hydrogens is 216 g/mol. The SMILES string of the molecule is CCC(N=[N+]=[N-])C(=O)Nc1cc(C)ccc1C. The quantitative estimate of drug-likeness (QED) is 0.482. The van der Waals surface area contributed by atoms with Crippen molar-refractivity contribution in [2.24, 2.45) is 5.11 Å². The van der Waals surface area contributed by atoms with Crippen LogP contribution in [0.5, 0.6) is 0 Å². The van der Waals surface area contributed by atoms with E-state index in [0.29, 0.717) is 6.42 Å². The molecule has 0 fully saturated rings. The number of nitrogens with one attached hydrogen (secondary N) is 1. The first-order valence-corrected chi connectivity index (χ1v) is 5.50. The average molecular weight is 232 g/mol. The van der Waals surface area contributed by atoms with Gasteiger partial charge in [-0.15, -0.1) is 0 Å². The second kappa shape index (κ2) is 5.92. The van der Waals surface area contributed by atoms with Crippen molar-refractivity contribution < 1.29 is 4.79 Å². The third-order valence-electron chi connectivity index (χ3n) is 2.53. The summed E-state index contributed by atoms with van der Waals surface area (Å²) in [5, 5.41) is 6.24. The monoisotopic (exact) mass is 232 g/mol. The molecule has 0 saturated heterocycles. The zero-order chi connectivity index (χ0) is 12.8. The van der Waals surface area contributed by atoms with Gasteiger partial charge in [0.2, 0.25) is 5.91 Å². The summed E-state index contributed by atoms with van der Waals surface area (Å²) in [4.78, 5) is 14.5. The number of hydrogen-bond acceptors (Lipinski definition) is 2. The summed E-state index contributed by atoms with van der Waals surface area (Å²) in [7, 11) is 0. The highest BCUT2D eigenvalue weighted by Gasteiger charge is 2.15. The van der Waals surface area contributed by atoms with Crippen molar-refractivity contribution >= 4 is 11.6 Å². The molecule has 1 rings (SSSR count). The Morgan fingerprint density at radius 2 is 2.24 bits per heavy atom. The molecule has 0 spiro atoms. The first kappa shape index (κ1) is 13.1. The van der Waals surface area contributed by atoms with Crippen LogP contribution >= 0.6 is 0 Å². The maximum Gasteiger partial charge on any atom is 0.233 e. The van der Waals surface area contributed by atoms with Crippen molar-refractivity contribution in [1.29, 1.82) is 0 Å². The minimum atomic E-state index is -0.653. The Bertz CT molecular complexity index is 464. The van der Waals surface area contributed by atoms with Crippen LogP contribution in [0.4, 0.5) is 5.69 Å². The van der Waals surface area contributed by atoms with Gasteiger partial charge in [0, 0.05) is 10.6 Å². The van der Waals surface area contributed by atoms with Gasteiger partial charge in [-0.2, -0.15) is 0 Å². The van der Waals surface area contributed by atoms with Crippen LogP contribution < -0.4 is 5.32 Å². The standard InChI is InChI=1S/C12H16N4O/c1-4-10(15-16-13)12(17)14-11-7-8(2)5-6-9(11)3/h5-7,10H,4H2,1-3H3,(H,14,17). The van der Waals surface area contributed by atoms with Gasteiger partial charge in [0.1, 0.15) is 6.04 Å². The molecule has 1 aromatic rings. The summed E-state index contributed by atoms with van der Waals surface area (Å²) in [6.45, 7) is 5.69. The van der Waals surface area contributed by atoms with Gasteiger partial charge in [0.05, 0.1) is 0 Å². The summed E-state index contributed by atoms with van der Waals surface area (Å²) in [6.07, 6.45) is 0.487. The lowest BCUT2D eigenvalue weighted by atomic mass is 10.1. The van der Waals surface area contributed by atoms with E-state index in [1.807, 2.05) is 39.0 Å². The summed E-state index contributed by atoms with van der Waals surface area (Å²) in [5.41, 5.74) is 11.2. The predicted octanol–water partition coefficient (Wildman–Crippen LogP) is 3.33. The lowest BCUT2D eigenvalue weighted by molar-refractivity contribution is -0.117. The van der Waals surface area contributed by atoms with Gasteiger partial charge in [0.15, 0.2) is 0 Å². The fraction of sp³-hybridized carbons (Fsp3) is 0.417. The van der Waals surface area contributed by atoms with Crippen LogP contribution in [0, 0.1) is 13.8 Å². The van der Waals surface area contributed by atoms with Gasteiger partial charge in [0.25, 0.3) is 0 Å². The lowest BCUT2D eigenvalue weighted by Gasteiger charge is -2.12. The zero-order valence-electron chi connectivity index (χ0n) is 10.3. The van der Waals surface area contributed by atoms with E-state index in [-0.39, 0.29) is 5.91 Å². The molecule has 0 aliphatic carbocycles. The Balaban J connectivity index is 2.86. The highest BCUT2D eigenvalue weighted by Crippen LogP contribution is 2.17. The summed E-state index contributed by atoms with van der Waals surface area (Å²) < 4.78 is 0. The van der Waals surface area contributed by atoms with E-state index in [1.165, 1.54) is 0 Å². The van der Waals surface area contributed by atoms with Crippen molar-refractivity contribution in [2.45, 2.75) is 33.2 Å². The van der Waals surface area contributed by atoms with E-state index < -0.39 is 6.04 Å². The molecule has 1 aromatic carbocycles. The maximum atomic E-state index is 11.8. The van der Waals surface area contributed by atoms with E-state index in [2.05, 4.69) is 15.3 Å². The van der Waals surface area contributed by atoms with Crippen LogP contribution in [0.2, 0.25) is 0 Å². The van der Waals surface area contributed by atoms with Gasteiger partial charge in [-0.05, 0) is 43.0 Å². The minimum absolute atomic E-state index is 0.265. The Hall–Kier alpha value is -2.00. The van der Waals surface area contributed by atoms with E-state index in [0.717, 1.165) is 16.8 Å². The summed E-state index contributed by atoms with van der Waals surface area (Å²) in [6, 6.07) is 5.17. The Labute approximate surface area is 100 Å². The molecule has 1 atom stereocenters. The fourth-order valence-electron chi connectivity index (χ4n) is 1.47. The number of aryl methyl sites for hydroxylation is 2. The number of rotatable bonds is 4. The first-order chi connectivity index (χ1) is 8.08. The Morgan fingerprint density at radius 1 is 1.53 bits per heavy atom. The largest absolute Gasteiger partial charge is 0.325 e. The first-order valence-electron chi connectivity index (χ1n) is 5.50. The number of azide groups is 1. The van der Waals surface area contributed by atoms with Crippen LogP contribution in [0.25, 0.3) is 10.4 Å². The zero-order valence-corrected chi connectivity index (χ0v) is 10.3. The van der Waals surface area contributed by atoms with Crippen molar-refractivity contribution in [2.75, 3.05) is 5.32 Å². The number of nitrogens with zero attached hydrogens (tertiary/aromatic N) is 3. The fourth-order valence-corrected chi connectivity index (χ4v) is 1.47. The minimum Gasteiger partial charge on any atom is -0.325 e. The third kappa shape index (κ3) is 3.50. The molecular formula is C12H16N4O. The third-order valence-corrected chi connectivity index (χ3v) is 2.53. The van der Waals surface area contributed by atoms with Crippen LogP contribution in [0.3, 0.4) is 0 Å². The van der Waals surface area contributed by atoms with E-state index >= 15 is 0 Å². The molecule has 0 saturated carbocycles. The number of hydrogen-bond donors (Lipinski definition) is 1. The molecule has 17 heavy (non-hydrogen) atoms. The molecule has 90 valence electrons. The van der Waals surface area contributed by atoms with Crippen LogP contribution in [0.15, 0.2) is 23.3 Å². The molecule has 5 heteroatoms. The second-order valence-corrected chi connectivity index (χ2v) is 3.94. The maximum absolute atomic E-state index is 11.8. The molecule has 0 bridgehead atoms. The van der Waals surface area contributed by atoms with Crippen molar-refractivity contribution in [3.63, 3.8) is 0 Å². The van der Waals surface area contributed by atoms with Gasteiger partial charge < -0.3 is 5.32 Å². The molecule has 1 N–H and O–H groups in total. The molecule has 5 nitrogen and oxygen atoms in total. The number of amides is 1. The molecule has 0 aliphatic rings. The van der Waals surface area contributed by atoms with Gasteiger partial charge in [-0.25, -0.2) is 0 Å². The highest BCUT2D eigenvalue weighted by molar-refractivity contribution is 5.95. The second-order valence-electron chi connectivity index (χ2n) is 3.94. The van der Waals surface area contributed by atoms with E-state index in [4.69, 9.17) is 5.53 Å². The summed E-state index contributed by atoms with van der Waals surface area (Å²) in [5.74, 6) is -0.265. The average Bonchev–Trinajstić information content (AvgIpc) is 2.30. The molecule has 0 aromatic heterocycles. The smallest absolute Gasteiger partial charge is 0.233 e. The highest BCUT2D eigenvalue weighted by atomic mass is 16.2. The van der Waals surface area contributed by atoms with Crippen LogP contribution in [-0.2, 0) is 4.79 Å². The normalized spacial score (nSPS) is 11.5. The predicted molar refractivity (Wildman–Crippen MR) is 67.8 cm³/mol.